The summed E-state index contributed by atoms with van der Waals surface area (Å²) in [7, 11) is 0. The average molecular weight is 271 g/mol. The fourth-order valence-electron chi connectivity index (χ4n) is 2.46. The molecular formula is C16H21N3O. The summed E-state index contributed by atoms with van der Waals surface area (Å²) >= 11 is 0. The summed E-state index contributed by atoms with van der Waals surface area (Å²) in [6.07, 6.45) is 3.28. The zero-order valence-electron chi connectivity index (χ0n) is 12.1. The smallest absolute Gasteiger partial charge is 0.223 e. The molecule has 2 aromatic rings. The number of fused-ring (bicyclic) bond motifs is 1. The van der Waals surface area contributed by atoms with E-state index in [-0.39, 0.29) is 11.8 Å². The van der Waals surface area contributed by atoms with Gasteiger partial charge in [-0.05, 0) is 30.5 Å². The SMILES string of the molecule is CC(C)c1nc2ccc(CNC(=O)C3CCC3)cc2[nH]1. The first-order valence-corrected chi connectivity index (χ1v) is 7.40. The molecule has 0 spiro atoms. The van der Waals surface area contributed by atoms with Crippen LogP contribution in [0.5, 0.6) is 0 Å². The van der Waals surface area contributed by atoms with Gasteiger partial charge in [0.05, 0.1) is 11.0 Å². The molecule has 2 N–H and O–H groups in total. The summed E-state index contributed by atoms with van der Waals surface area (Å²) in [5.74, 6) is 1.85. The zero-order chi connectivity index (χ0) is 14.1. The standard InChI is InChI=1S/C16H21N3O/c1-10(2)15-18-13-7-6-11(8-14(13)19-15)9-17-16(20)12-4-3-5-12/h6-8,10,12H,3-5,9H2,1-2H3,(H,17,20)(H,18,19). The van der Waals surface area contributed by atoms with Gasteiger partial charge in [-0.3, -0.25) is 4.79 Å². The van der Waals surface area contributed by atoms with E-state index in [1.54, 1.807) is 0 Å². The van der Waals surface area contributed by atoms with Gasteiger partial charge in [0.25, 0.3) is 0 Å². The number of aromatic nitrogens is 2. The van der Waals surface area contributed by atoms with Gasteiger partial charge in [-0.2, -0.15) is 0 Å². The molecule has 1 aliphatic carbocycles. The van der Waals surface area contributed by atoms with Gasteiger partial charge in [0.1, 0.15) is 5.82 Å². The largest absolute Gasteiger partial charge is 0.352 e. The van der Waals surface area contributed by atoms with Crippen molar-refractivity contribution in [1.82, 2.24) is 15.3 Å². The maximum Gasteiger partial charge on any atom is 0.223 e. The maximum atomic E-state index is 11.8. The molecule has 1 heterocycles. The van der Waals surface area contributed by atoms with Crippen molar-refractivity contribution in [1.29, 1.82) is 0 Å². The second kappa shape index (κ2) is 5.27. The number of carbonyl (C=O) groups is 1. The van der Waals surface area contributed by atoms with Crippen molar-refractivity contribution in [2.45, 2.75) is 45.6 Å². The second-order valence-electron chi connectivity index (χ2n) is 5.97. The second-order valence-corrected chi connectivity index (χ2v) is 5.97. The van der Waals surface area contributed by atoms with E-state index >= 15 is 0 Å². The van der Waals surface area contributed by atoms with Crippen LogP contribution in [0.1, 0.15) is 50.4 Å². The molecule has 4 heteroatoms. The molecule has 0 atom stereocenters. The monoisotopic (exact) mass is 271 g/mol. The van der Waals surface area contributed by atoms with Gasteiger partial charge >= 0.3 is 0 Å². The summed E-state index contributed by atoms with van der Waals surface area (Å²) in [5.41, 5.74) is 3.15. The third kappa shape index (κ3) is 2.55. The normalized spacial score (nSPS) is 15.6. The molecule has 1 saturated carbocycles. The number of hydrogen-bond acceptors (Lipinski definition) is 2. The van der Waals surface area contributed by atoms with E-state index in [9.17, 15) is 4.79 Å². The van der Waals surface area contributed by atoms with E-state index in [0.29, 0.717) is 12.5 Å². The predicted octanol–water partition coefficient (Wildman–Crippen LogP) is 3.10. The van der Waals surface area contributed by atoms with Gasteiger partial charge in [0.15, 0.2) is 0 Å². The Kier molecular flexibility index (Phi) is 3.47. The fraction of sp³-hybridized carbons (Fsp3) is 0.500. The number of H-pyrrole nitrogens is 1. The predicted molar refractivity (Wildman–Crippen MR) is 79.4 cm³/mol. The quantitative estimate of drug-likeness (QED) is 0.897. The highest BCUT2D eigenvalue weighted by atomic mass is 16.1. The van der Waals surface area contributed by atoms with Gasteiger partial charge in [-0.1, -0.05) is 26.3 Å². The van der Waals surface area contributed by atoms with Gasteiger partial charge in [-0.25, -0.2) is 4.98 Å². The molecule has 0 saturated heterocycles. The number of rotatable bonds is 4. The van der Waals surface area contributed by atoms with E-state index in [1.165, 1.54) is 6.42 Å². The van der Waals surface area contributed by atoms with E-state index in [0.717, 1.165) is 35.3 Å². The molecule has 3 rings (SSSR count). The number of benzene rings is 1. The lowest BCUT2D eigenvalue weighted by Crippen LogP contribution is -2.33. The molecular weight excluding hydrogens is 250 g/mol. The molecule has 0 aliphatic heterocycles. The summed E-state index contributed by atoms with van der Waals surface area (Å²) < 4.78 is 0. The van der Waals surface area contributed by atoms with Crippen LogP contribution in [0.25, 0.3) is 11.0 Å². The summed E-state index contributed by atoms with van der Waals surface area (Å²) in [6.45, 7) is 4.84. The van der Waals surface area contributed by atoms with Crippen LogP contribution in [0, 0.1) is 5.92 Å². The van der Waals surface area contributed by atoms with Gasteiger partial charge in [0, 0.05) is 18.4 Å². The zero-order valence-corrected chi connectivity index (χ0v) is 12.1. The average Bonchev–Trinajstić information content (AvgIpc) is 2.77. The first-order chi connectivity index (χ1) is 9.63. The lowest BCUT2D eigenvalue weighted by molar-refractivity contribution is -0.127. The number of imidazole rings is 1. The number of amides is 1. The number of carbonyl (C=O) groups excluding carboxylic acids is 1. The van der Waals surface area contributed by atoms with Gasteiger partial charge in [-0.15, -0.1) is 0 Å². The topological polar surface area (TPSA) is 57.8 Å². The van der Waals surface area contributed by atoms with Crippen molar-refractivity contribution in [3.8, 4) is 0 Å². The Morgan fingerprint density at radius 2 is 2.25 bits per heavy atom. The van der Waals surface area contributed by atoms with Crippen LogP contribution in [-0.4, -0.2) is 15.9 Å². The molecule has 1 aromatic carbocycles. The third-order valence-electron chi connectivity index (χ3n) is 4.05. The summed E-state index contributed by atoms with van der Waals surface area (Å²) in [6, 6.07) is 6.13. The molecule has 1 aliphatic rings. The molecule has 1 aromatic heterocycles. The highest BCUT2D eigenvalue weighted by Crippen LogP contribution is 2.26. The van der Waals surface area contributed by atoms with Crippen molar-refractivity contribution in [2.24, 2.45) is 5.92 Å². The maximum absolute atomic E-state index is 11.8. The van der Waals surface area contributed by atoms with Crippen molar-refractivity contribution < 1.29 is 4.79 Å². The number of hydrogen-bond donors (Lipinski definition) is 2. The van der Waals surface area contributed by atoms with Gasteiger partial charge < -0.3 is 10.3 Å². The first kappa shape index (κ1) is 13.2. The Morgan fingerprint density at radius 1 is 1.45 bits per heavy atom. The molecule has 1 fully saturated rings. The Hall–Kier alpha value is -1.84. The third-order valence-corrected chi connectivity index (χ3v) is 4.05. The van der Waals surface area contributed by atoms with Gasteiger partial charge in [0.2, 0.25) is 5.91 Å². The summed E-state index contributed by atoms with van der Waals surface area (Å²) in [5, 5.41) is 3.02. The van der Waals surface area contributed by atoms with Crippen LogP contribution >= 0.6 is 0 Å². The van der Waals surface area contributed by atoms with E-state index in [1.807, 2.05) is 12.1 Å². The van der Waals surface area contributed by atoms with Crippen molar-refractivity contribution in [2.75, 3.05) is 0 Å². The lowest BCUT2D eigenvalue weighted by Gasteiger charge is -2.24. The minimum absolute atomic E-state index is 0.198. The number of nitrogens with zero attached hydrogens (tertiary/aromatic N) is 1. The van der Waals surface area contributed by atoms with Crippen LogP contribution in [-0.2, 0) is 11.3 Å². The lowest BCUT2D eigenvalue weighted by atomic mass is 9.85. The molecule has 4 nitrogen and oxygen atoms in total. The Labute approximate surface area is 119 Å². The molecule has 106 valence electrons. The number of nitrogens with one attached hydrogen (secondary N) is 2. The van der Waals surface area contributed by atoms with Crippen LogP contribution in [0.4, 0.5) is 0 Å². The van der Waals surface area contributed by atoms with Crippen molar-refractivity contribution >= 4 is 16.9 Å². The minimum Gasteiger partial charge on any atom is -0.352 e. The summed E-state index contributed by atoms with van der Waals surface area (Å²) in [4.78, 5) is 19.7. The van der Waals surface area contributed by atoms with Crippen molar-refractivity contribution in [3.63, 3.8) is 0 Å². The van der Waals surface area contributed by atoms with Crippen LogP contribution in [0.15, 0.2) is 18.2 Å². The molecule has 0 bridgehead atoms. The van der Waals surface area contributed by atoms with Crippen LogP contribution in [0.3, 0.4) is 0 Å². The fourth-order valence-corrected chi connectivity index (χ4v) is 2.46. The Bertz CT molecular complexity index is 626. The van der Waals surface area contributed by atoms with E-state index < -0.39 is 0 Å². The van der Waals surface area contributed by atoms with Crippen molar-refractivity contribution in [3.05, 3.63) is 29.6 Å². The minimum atomic E-state index is 0.198. The highest BCUT2D eigenvalue weighted by Gasteiger charge is 2.24. The van der Waals surface area contributed by atoms with E-state index in [2.05, 4.69) is 35.2 Å². The first-order valence-electron chi connectivity index (χ1n) is 7.40. The molecule has 0 unspecified atom stereocenters. The molecule has 1 amide bonds. The number of aromatic amines is 1. The Balaban J connectivity index is 1.70. The van der Waals surface area contributed by atoms with E-state index in [4.69, 9.17) is 0 Å². The molecule has 20 heavy (non-hydrogen) atoms. The van der Waals surface area contributed by atoms with Crippen LogP contribution in [0.2, 0.25) is 0 Å². The highest BCUT2D eigenvalue weighted by molar-refractivity contribution is 5.80. The Morgan fingerprint density at radius 3 is 2.90 bits per heavy atom. The van der Waals surface area contributed by atoms with Crippen LogP contribution < -0.4 is 5.32 Å². The molecule has 0 radical (unpaired) electrons.